The normalized spacial score (nSPS) is 11.0. The van der Waals surface area contributed by atoms with Crippen LogP contribution in [0, 0.1) is 13.8 Å². The van der Waals surface area contributed by atoms with E-state index < -0.39 is 0 Å². The molecular weight excluding hydrogens is 392 g/mol. The first kappa shape index (κ1) is 20.0. The lowest BCUT2D eigenvalue weighted by atomic mass is 10.1. The molecule has 0 spiro atoms. The van der Waals surface area contributed by atoms with E-state index in [1.165, 1.54) is 24.3 Å². The summed E-state index contributed by atoms with van der Waals surface area (Å²) in [4.78, 5) is 30.7. The van der Waals surface area contributed by atoms with Crippen molar-refractivity contribution in [2.24, 2.45) is 0 Å². The summed E-state index contributed by atoms with van der Waals surface area (Å²) in [5, 5.41) is 2.90. The second-order valence-corrected chi connectivity index (χ2v) is 7.61. The highest BCUT2D eigenvalue weighted by atomic mass is 35.5. The van der Waals surface area contributed by atoms with Crippen LogP contribution in [0.4, 0.5) is 10.8 Å². The summed E-state index contributed by atoms with van der Waals surface area (Å²) in [6, 6.07) is 12.6. The largest absolute Gasteiger partial charge is 0.289 e. The molecule has 1 aromatic heterocycles. The van der Waals surface area contributed by atoms with Crippen LogP contribution in [-0.2, 0) is 4.79 Å². The number of thiazole rings is 1. The van der Waals surface area contributed by atoms with E-state index in [1.807, 2.05) is 37.4 Å². The van der Waals surface area contributed by atoms with Crippen molar-refractivity contribution in [1.82, 2.24) is 4.98 Å². The van der Waals surface area contributed by atoms with Gasteiger partial charge < -0.3 is 0 Å². The smallest absolute Gasteiger partial charge is 0.230 e. The molecule has 6 heteroatoms. The molecular formula is C22H19ClN2O2S. The molecule has 1 heterocycles. The van der Waals surface area contributed by atoms with Crippen molar-refractivity contribution < 1.29 is 9.59 Å². The molecule has 3 rings (SSSR count). The highest BCUT2D eigenvalue weighted by Gasteiger charge is 2.19. The van der Waals surface area contributed by atoms with Gasteiger partial charge in [0.2, 0.25) is 5.91 Å². The van der Waals surface area contributed by atoms with Crippen LogP contribution in [0.1, 0.15) is 34.1 Å². The third kappa shape index (κ3) is 4.38. The monoisotopic (exact) mass is 410 g/mol. The highest BCUT2D eigenvalue weighted by molar-refractivity contribution is 7.14. The van der Waals surface area contributed by atoms with Crippen LogP contribution in [0.25, 0.3) is 6.08 Å². The second-order valence-electron chi connectivity index (χ2n) is 6.34. The van der Waals surface area contributed by atoms with Gasteiger partial charge in [0, 0.05) is 22.9 Å². The third-order valence-corrected chi connectivity index (χ3v) is 5.43. The van der Waals surface area contributed by atoms with Gasteiger partial charge in [-0.05, 0) is 55.3 Å². The van der Waals surface area contributed by atoms with Crippen molar-refractivity contribution >= 4 is 51.5 Å². The Labute approximate surface area is 173 Å². The van der Waals surface area contributed by atoms with Crippen molar-refractivity contribution in [3.8, 4) is 0 Å². The molecule has 0 N–H and O–H groups in total. The number of halogens is 1. The molecule has 0 aliphatic heterocycles. The van der Waals surface area contributed by atoms with Crippen LogP contribution in [0.2, 0.25) is 5.02 Å². The fourth-order valence-corrected chi connectivity index (χ4v) is 3.78. The fourth-order valence-electron chi connectivity index (χ4n) is 2.74. The first-order valence-corrected chi connectivity index (χ1v) is 9.93. The lowest BCUT2D eigenvalue weighted by Crippen LogP contribution is -2.23. The minimum Gasteiger partial charge on any atom is -0.289 e. The minimum atomic E-state index is -0.157. The molecule has 0 unspecified atom stereocenters. The number of amides is 1. The third-order valence-electron chi connectivity index (χ3n) is 4.35. The van der Waals surface area contributed by atoms with E-state index in [0.717, 1.165) is 16.8 Å². The first-order valence-electron chi connectivity index (χ1n) is 8.67. The Balaban J connectivity index is 1.86. The molecule has 0 radical (unpaired) electrons. The van der Waals surface area contributed by atoms with Crippen molar-refractivity contribution in [3.05, 3.63) is 81.3 Å². The van der Waals surface area contributed by atoms with E-state index in [-0.39, 0.29) is 11.7 Å². The highest BCUT2D eigenvalue weighted by Crippen LogP contribution is 2.32. The predicted octanol–water partition coefficient (Wildman–Crippen LogP) is 5.99. The number of ketones is 1. The fraction of sp³-hybridized carbons (Fsp3) is 0.136. The van der Waals surface area contributed by atoms with Gasteiger partial charge in [0.25, 0.3) is 0 Å². The van der Waals surface area contributed by atoms with E-state index in [9.17, 15) is 9.59 Å². The summed E-state index contributed by atoms with van der Waals surface area (Å²) in [6.07, 6.45) is 3.10. The van der Waals surface area contributed by atoms with Gasteiger partial charge >= 0.3 is 0 Å². The molecule has 0 saturated carbocycles. The Morgan fingerprint density at radius 2 is 1.89 bits per heavy atom. The van der Waals surface area contributed by atoms with E-state index >= 15 is 0 Å². The Hall–Kier alpha value is -2.76. The summed E-state index contributed by atoms with van der Waals surface area (Å²) in [5.74, 6) is -0.274. The number of aromatic nitrogens is 1. The van der Waals surface area contributed by atoms with Gasteiger partial charge in [0.15, 0.2) is 10.9 Å². The molecule has 28 heavy (non-hydrogen) atoms. The number of carbonyl (C=O) groups is 2. The Bertz CT molecular complexity index is 1070. The van der Waals surface area contributed by atoms with Crippen molar-refractivity contribution in [2.75, 3.05) is 4.90 Å². The maximum atomic E-state index is 12.3. The lowest BCUT2D eigenvalue weighted by Gasteiger charge is -2.21. The van der Waals surface area contributed by atoms with Crippen LogP contribution < -0.4 is 4.90 Å². The summed E-state index contributed by atoms with van der Waals surface area (Å²) in [5.41, 5.74) is 4.08. The summed E-state index contributed by atoms with van der Waals surface area (Å²) in [7, 11) is 0. The molecule has 0 atom stereocenters. The predicted molar refractivity (Wildman–Crippen MR) is 116 cm³/mol. The average Bonchev–Trinajstić information content (AvgIpc) is 3.11. The molecule has 3 aromatic rings. The number of hydrogen-bond donors (Lipinski definition) is 0. The maximum absolute atomic E-state index is 12.3. The standard InChI is InChI=1S/C22H19ClN2O2S/c1-14-6-4-9-20(15(14)2)25(16(3)26)22-24-19(13-28-22)10-11-21(27)17-7-5-8-18(23)12-17/h4-13H,1-3H3/b11-10+. The summed E-state index contributed by atoms with van der Waals surface area (Å²) < 4.78 is 0. The number of allylic oxidation sites excluding steroid dienone is 1. The van der Waals surface area contributed by atoms with Crippen molar-refractivity contribution in [2.45, 2.75) is 20.8 Å². The molecule has 0 fully saturated rings. The zero-order chi connectivity index (χ0) is 20.3. The van der Waals surface area contributed by atoms with Gasteiger partial charge in [0.1, 0.15) is 0 Å². The molecule has 0 saturated heterocycles. The molecule has 0 aliphatic rings. The Morgan fingerprint density at radius 3 is 2.61 bits per heavy atom. The van der Waals surface area contributed by atoms with E-state index in [4.69, 9.17) is 11.6 Å². The van der Waals surface area contributed by atoms with Crippen LogP contribution >= 0.6 is 22.9 Å². The Kier molecular flexibility index (Phi) is 6.07. The number of nitrogens with zero attached hydrogens (tertiary/aromatic N) is 2. The van der Waals surface area contributed by atoms with Gasteiger partial charge in [-0.25, -0.2) is 4.98 Å². The number of aryl methyl sites for hydroxylation is 1. The summed E-state index contributed by atoms with van der Waals surface area (Å²) >= 11 is 7.29. The van der Waals surface area contributed by atoms with E-state index in [1.54, 1.807) is 35.2 Å². The molecule has 0 aliphatic carbocycles. The first-order chi connectivity index (χ1) is 13.4. The summed E-state index contributed by atoms with van der Waals surface area (Å²) in [6.45, 7) is 5.51. The number of anilines is 2. The number of benzene rings is 2. The molecule has 1 amide bonds. The molecule has 4 nitrogen and oxygen atoms in total. The molecule has 0 bridgehead atoms. The minimum absolute atomic E-state index is 0.117. The number of hydrogen-bond acceptors (Lipinski definition) is 4. The van der Waals surface area contributed by atoms with Crippen molar-refractivity contribution in [1.29, 1.82) is 0 Å². The zero-order valence-corrected chi connectivity index (χ0v) is 17.3. The number of carbonyl (C=O) groups excluding carboxylic acids is 2. The number of rotatable bonds is 5. The van der Waals surface area contributed by atoms with Crippen LogP contribution in [-0.4, -0.2) is 16.7 Å². The van der Waals surface area contributed by atoms with Gasteiger partial charge in [-0.3, -0.25) is 14.5 Å². The quantitative estimate of drug-likeness (QED) is 0.383. The zero-order valence-electron chi connectivity index (χ0n) is 15.8. The molecule has 142 valence electrons. The maximum Gasteiger partial charge on any atom is 0.230 e. The second kappa shape index (κ2) is 8.50. The van der Waals surface area contributed by atoms with Gasteiger partial charge in [-0.1, -0.05) is 35.9 Å². The van der Waals surface area contributed by atoms with E-state index in [0.29, 0.717) is 21.4 Å². The van der Waals surface area contributed by atoms with Gasteiger partial charge in [-0.2, -0.15) is 0 Å². The van der Waals surface area contributed by atoms with Crippen LogP contribution in [0.3, 0.4) is 0 Å². The average molecular weight is 411 g/mol. The van der Waals surface area contributed by atoms with Crippen LogP contribution in [0.15, 0.2) is 53.9 Å². The lowest BCUT2D eigenvalue weighted by molar-refractivity contribution is -0.115. The van der Waals surface area contributed by atoms with Gasteiger partial charge in [-0.15, -0.1) is 11.3 Å². The van der Waals surface area contributed by atoms with E-state index in [2.05, 4.69) is 4.98 Å². The van der Waals surface area contributed by atoms with Crippen LogP contribution in [0.5, 0.6) is 0 Å². The topological polar surface area (TPSA) is 50.3 Å². The molecule has 2 aromatic carbocycles. The SMILES string of the molecule is CC(=O)N(c1nc(/C=C/C(=O)c2cccc(Cl)c2)cs1)c1cccc(C)c1C. The Morgan fingerprint density at radius 1 is 1.14 bits per heavy atom. The van der Waals surface area contributed by atoms with Crippen molar-refractivity contribution in [3.63, 3.8) is 0 Å². The van der Waals surface area contributed by atoms with Gasteiger partial charge in [0.05, 0.1) is 11.4 Å².